The molecule has 0 atom stereocenters. The first-order chi connectivity index (χ1) is 12.1. The van der Waals surface area contributed by atoms with Crippen molar-refractivity contribution < 1.29 is 12.8 Å². The molecule has 0 bridgehead atoms. The second-order valence-electron chi connectivity index (χ2n) is 5.25. The van der Waals surface area contributed by atoms with Gasteiger partial charge in [0.2, 0.25) is 15.9 Å². The third-order valence-electron chi connectivity index (χ3n) is 3.46. The summed E-state index contributed by atoms with van der Waals surface area (Å²) in [5.74, 6) is 0.951. The molecule has 0 aliphatic carbocycles. The highest BCUT2D eigenvalue weighted by Crippen LogP contribution is 2.25. The molecule has 1 aromatic heterocycles. The fraction of sp³-hybridized carbons (Fsp3) is 0.176. The zero-order valence-electron chi connectivity index (χ0n) is 13.5. The summed E-state index contributed by atoms with van der Waals surface area (Å²) in [5.41, 5.74) is 1.95. The monoisotopic (exact) mass is 375 g/mol. The second-order valence-corrected chi connectivity index (χ2v) is 8.06. The predicted molar refractivity (Wildman–Crippen MR) is 96.8 cm³/mol. The maximum Gasteiger partial charge on any atom is 0.276 e. The Labute approximate surface area is 150 Å². The quantitative estimate of drug-likeness (QED) is 0.504. The van der Waals surface area contributed by atoms with Gasteiger partial charge in [-0.2, -0.15) is 0 Å². The Balaban J connectivity index is 1.54. The van der Waals surface area contributed by atoms with E-state index in [1.807, 2.05) is 31.2 Å². The Morgan fingerprint density at radius 2 is 1.76 bits per heavy atom. The maximum absolute atomic E-state index is 12.1. The van der Waals surface area contributed by atoms with Gasteiger partial charge in [-0.25, -0.2) is 13.1 Å². The van der Waals surface area contributed by atoms with Gasteiger partial charge in [-0.05, 0) is 30.7 Å². The highest BCUT2D eigenvalue weighted by molar-refractivity contribution is 7.99. The molecular weight excluding hydrogens is 358 g/mol. The summed E-state index contributed by atoms with van der Waals surface area (Å²) < 4.78 is 32.4. The van der Waals surface area contributed by atoms with Crippen LogP contribution >= 0.6 is 11.8 Å². The summed E-state index contributed by atoms with van der Waals surface area (Å²) in [6.45, 7) is 2.24. The van der Waals surface area contributed by atoms with E-state index in [2.05, 4.69) is 14.9 Å². The van der Waals surface area contributed by atoms with Gasteiger partial charge in [0.25, 0.3) is 5.22 Å². The van der Waals surface area contributed by atoms with E-state index in [0.717, 1.165) is 11.1 Å². The third-order valence-corrected chi connectivity index (χ3v) is 5.75. The molecule has 2 aromatic carbocycles. The molecule has 1 N–H and O–H groups in total. The SMILES string of the molecule is Cc1ccccc1-c1nnc(SCCNS(=O)(=O)c2ccccc2)o1. The maximum atomic E-state index is 12.1. The highest BCUT2D eigenvalue weighted by atomic mass is 32.2. The Hall–Kier alpha value is -2.16. The number of nitrogens with zero attached hydrogens (tertiary/aromatic N) is 2. The van der Waals surface area contributed by atoms with E-state index >= 15 is 0 Å². The molecule has 0 fully saturated rings. The van der Waals surface area contributed by atoms with Crippen molar-refractivity contribution in [2.24, 2.45) is 0 Å². The van der Waals surface area contributed by atoms with Gasteiger partial charge in [0.05, 0.1) is 4.90 Å². The van der Waals surface area contributed by atoms with Crippen molar-refractivity contribution in [1.82, 2.24) is 14.9 Å². The van der Waals surface area contributed by atoms with Crippen LogP contribution in [0, 0.1) is 6.92 Å². The lowest BCUT2D eigenvalue weighted by Crippen LogP contribution is -2.25. The number of aryl methyl sites for hydroxylation is 1. The van der Waals surface area contributed by atoms with Gasteiger partial charge in [0.1, 0.15) is 0 Å². The summed E-state index contributed by atoms with van der Waals surface area (Å²) >= 11 is 1.31. The largest absolute Gasteiger partial charge is 0.411 e. The number of hydrogen-bond acceptors (Lipinski definition) is 6. The van der Waals surface area contributed by atoms with Crippen molar-refractivity contribution in [2.45, 2.75) is 17.0 Å². The number of hydrogen-bond donors (Lipinski definition) is 1. The number of thioether (sulfide) groups is 1. The average Bonchev–Trinajstić information content (AvgIpc) is 3.09. The molecule has 0 saturated heterocycles. The van der Waals surface area contributed by atoms with E-state index in [1.54, 1.807) is 30.3 Å². The Morgan fingerprint density at radius 3 is 2.52 bits per heavy atom. The van der Waals surface area contributed by atoms with Crippen molar-refractivity contribution in [3.8, 4) is 11.5 Å². The molecule has 0 unspecified atom stereocenters. The van der Waals surface area contributed by atoms with Crippen molar-refractivity contribution in [2.75, 3.05) is 12.3 Å². The van der Waals surface area contributed by atoms with Crippen LogP contribution in [0.1, 0.15) is 5.56 Å². The van der Waals surface area contributed by atoms with Crippen molar-refractivity contribution in [3.05, 3.63) is 60.2 Å². The summed E-state index contributed by atoms with van der Waals surface area (Å²) in [5, 5.41) is 8.46. The number of benzene rings is 2. The lowest BCUT2D eigenvalue weighted by atomic mass is 10.1. The average molecular weight is 375 g/mol. The van der Waals surface area contributed by atoms with Crippen LogP contribution in [0.5, 0.6) is 0 Å². The minimum absolute atomic E-state index is 0.250. The normalized spacial score (nSPS) is 11.6. The molecular formula is C17H17N3O3S2. The van der Waals surface area contributed by atoms with Crippen molar-refractivity contribution in [1.29, 1.82) is 0 Å². The fourth-order valence-electron chi connectivity index (χ4n) is 2.19. The summed E-state index contributed by atoms with van der Waals surface area (Å²) in [4.78, 5) is 0.250. The molecule has 1 heterocycles. The Kier molecular flexibility index (Phi) is 5.52. The van der Waals surface area contributed by atoms with Crippen LogP contribution in [0.3, 0.4) is 0 Å². The molecule has 130 valence electrons. The second kappa shape index (κ2) is 7.81. The molecule has 25 heavy (non-hydrogen) atoms. The van der Waals surface area contributed by atoms with E-state index in [0.29, 0.717) is 16.9 Å². The molecule has 3 aromatic rings. The molecule has 0 saturated carbocycles. The summed E-state index contributed by atoms with van der Waals surface area (Å²) in [6.07, 6.45) is 0. The lowest BCUT2D eigenvalue weighted by molar-refractivity contribution is 0.465. The van der Waals surface area contributed by atoms with Gasteiger partial charge in [-0.1, -0.05) is 48.2 Å². The van der Waals surface area contributed by atoms with Crippen LogP contribution < -0.4 is 4.72 Å². The third kappa shape index (κ3) is 4.47. The zero-order chi connectivity index (χ0) is 17.7. The van der Waals surface area contributed by atoms with Crippen molar-refractivity contribution >= 4 is 21.8 Å². The van der Waals surface area contributed by atoms with Gasteiger partial charge >= 0.3 is 0 Å². The first-order valence-electron chi connectivity index (χ1n) is 7.63. The molecule has 0 amide bonds. The van der Waals surface area contributed by atoms with E-state index < -0.39 is 10.0 Å². The minimum atomic E-state index is -3.49. The van der Waals surface area contributed by atoms with Crippen LogP contribution in [-0.2, 0) is 10.0 Å². The molecule has 0 spiro atoms. The van der Waals surface area contributed by atoms with E-state index in [1.165, 1.54) is 11.8 Å². The van der Waals surface area contributed by atoms with Crippen LogP contribution in [0.2, 0.25) is 0 Å². The molecule has 6 nitrogen and oxygen atoms in total. The van der Waals surface area contributed by atoms with Gasteiger partial charge in [0, 0.05) is 17.9 Å². The van der Waals surface area contributed by atoms with Crippen LogP contribution in [0.25, 0.3) is 11.5 Å². The predicted octanol–water partition coefficient (Wildman–Crippen LogP) is 3.12. The summed E-state index contributed by atoms with van der Waals surface area (Å²) in [6, 6.07) is 16.0. The van der Waals surface area contributed by atoms with Crippen LogP contribution in [0.4, 0.5) is 0 Å². The zero-order valence-corrected chi connectivity index (χ0v) is 15.2. The number of sulfonamides is 1. The van der Waals surface area contributed by atoms with Gasteiger partial charge in [-0.15, -0.1) is 10.2 Å². The Morgan fingerprint density at radius 1 is 1.04 bits per heavy atom. The van der Waals surface area contributed by atoms with Crippen molar-refractivity contribution in [3.63, 3.8) is 0 Å². The van der Waals surface area contributed by atoms with E-state index in [9.17, 15) is 8.42 Å². The highest BCUT2D eigenvalue weighted by Gasteiger charge is 2.14. The summed E-state index contributed by atoms with van der Waals surface area (Å²) in [7, 11) is -3.49. The first kappa shape index (κ1) is 17.7. The van der Waals surface area contributed by atoms with E-state index in [-0.39, 0.29) is 11.4 Å². The minimum Gasteiger partial charge on any atom is -0.411 e. The standard InChI is InChI=1S/C17H17N3O3S2/c1-13-7-5-6-10-15(13)16-19-20-17(23-16)24-12-11-18-25(21,22)14-8-3-2-4-9-14/h2-10,18H,11-12H2,1H3. The topological polar surface area (TPSA) is 85.1 Å². The van der Waals surface area contributed by atoms with Gasteiger partial charge in [0.15, 0.2) is 0 Å². The van der Waals surface area contributed by atoms with Crippen LogP contribution in [0.15, 0.2) is 69.1 Å². The molecule has 3 rings (SSSR count). The Bertz CT molecular complexity index is 941. The number of aromatic nitrogens is 2. The van der Waals surface area contributed by atoms with Gasteiger partial charge < -0.3 is 4.42 Å². The molecule has 0 aliphatic rings. The van der Waals surface area contributed by atoms with E-state index in [4.69, 9.17) is 4.42 Å². The fourth-order valence-corrected chi connectivity index (χ4v) is 3.98. The molecule has 8 heteroatoms. The first-order valence-corrected chi connectivity index (χ1v) is 10.1. The van der Waals surface area contributed by atoms with Crippen LogP contribution in [-0.4, -0.2) is 30.9 Å². The lowest BCUT2D eigenvalue weighted by Gasteiger charge is -2.05. The smallest absolute Gasteiger partial charge is 0.276 e. The van der Waals surface area contributed by atoms with Gasteiger partial charge in [-0.3, -0.25) is 0 Å². The number of nitrogens with one attached hydrogen (secondary N) is 1. The molecule has 0 radical (unpaired) electrons. The molecule has 0 aliphatic heterocycles. The number of rotatable bonds is 7.